The Hall–Kier alpha value is -0.970. The summed E-state index contributed by atoms with van der Waals surface area (Å²) in [6, 6.07) is 1.80. The number of rotatable bonds is 6. The monoisotopic (exact) mass is 327 g/mol. The second-order valence-corrected chi connectivity index (χ2v) is 6.28. The largest absolute Gasteiger partial charge is 0.351 e. The van der Waals surface area contributed by atoms with Gasteiger partial charge in [0.2, 0.25) is 0 Å². The molecule has 1 N–H and O–H groups in total. The van der Waals surface area contributed by atoms with E-state index in [9.17, 15) is 4.79 Å². The van der Waals surface area contributed by atoms with Gasteiger partial charge in [-0.1, -0.05) is 36.7 Å². The molecule has 0 spiro atoms. The summed E-state index contributed by atoms with van der Waals surface area (Å²) in [5.41, 5.74) is 2.24. The first-order valence-corrected chi connectivity index (χ1v) is 7.69. The van der Waals surface area contributed by atoms with Crippen LogP contribution in [-0.4, -0.2) is 28.0 Å². The van der Waals surface area contributed by atoms with E-state index in [1.54, 1.807) is 6.07 Å². The molecule has 106 valence electrons. The average molecular weight is 328 g/mol. The Morgan fingerprint density at radius 2 is 2.11 bits per heavy atom. The molecule has 1 heterocycles. The number of carbonyl (C=O) groups is 1. The smallest absolute Gasteiger partial charge is 0.253 e. The molecule has 1 amide bonds. The van der Waals surface area contributed by atoms with Crippen LogP contribution in [0.5, 0.6) is 0 Å². The first kappa shape index (κ1) is 16.1. The summed E-state index contributed by atoms with van der Waals surface area (Å²) >= 11 is 3.44. The fraction of sp³-hybridized carbons (Fsp3) is 0.643. The molecule has 0 saturated heterocycles. The van der Waals surface area contributed by atoms with Crippen LogP contribution in [-0.2, 0) is 6.42 Å². The summed E-state index contributed by atoms with van der Waals surface area (Å²) in [6.07, 6.45) is 1.72. The van der Waals surface area contributed by atoms with Gasteiger partial charge in [0, 0.05) is 11.9 Å². The molecule has 5 heteroatoms. The summed E-state index contributed by atoms with van der Waals surface area (Å²) in [5.74, 6) is -0.0579. The SMILES string of the molecule is CCc1nnc(C)cc1C(=O)NCC(C)(C)CCBr. The van der Waals surface area contributed by atoms with Gasteiger partial charge in [0.05, 0.1) is 17.0 Å². The molecule has 0 unspecified atom stereocenters. The zero-order valence-electron chi connectivity index (χ0n) is 12.1. The molecule has 19 heavy (non-hydrogen) atoms. The van der Waals surface area contributed by atoms with Crippen molar-refractivity contribution in [1.82, 2.24) is 15.5 Å². The third-order valence-corrected chi connectivity index (χ3v) is 3.47. The van der Waals surface area contributed by atoms with E-state index in [4.69, 9.17) is 0 Å². The van der Waals surface area contributed by atoms with Gasteiger partial charge in [0.15, 0.2) is 0 Å². The molecule has 0 aliphatic rings. The molecule has 0 atom stereocenters. The quantitative estimate of drug-likeness (QED) is 0.817. The molecule has 0 aliphatic carbocycles. The molecular formula is C14H22BrN3O. The van der Waals surface area contributed by atoms with Crippen molar-refractivity contribution in [3.63, 3.8) is 0 Å². The Labute approximate surface area is 123 Å². The Morgan fingerprint density at radius 1 is 1.42 bits per heavy atom. The van der Waals surface area contributed by atoms with Crippen molar-refractivity contribution >= 4 is 21.8 Å². The highest BCUT2D eigenvalue weighted by molar-refractivity contribution is 9.09. The summed E-state index contributed by atoms with van der Waals surface area (Å²) in [7, 11) is 0. The summed E-state index contributed by atoms with van der Waals surface area (Å²) in [5, 5.41) is 12.0. The van der Waals surface area contributed by atoms with Gasteiger partial charge >= 0.3 is 0 Å². The second kappa shape index (κ2) is 6.98. The lowest BCUT2D eigenvalue weighted by Gasteiger charge is -2.24. The van der Waals surface area contributed by atoms with E-state index in [2.05, 4.69) is 45.3 Å². The van der Waals surface area contributed by atoms with Crippen molar-refractivity contribution in [2.45, 2.75) is 40.5 Å². The Morgan fingerprint density at radius 3 is 2.68 bits per heavy atom. The zero-order chi connectivity index (χ0) is 14.5. The molecule has 0 radical (unpaired) electrons. The average Bonchev–Trinajstić information content (AvgIpc) is 2.36. The molecular weight excluding hydrogens is 306 g/mol. The van der Waals surface area contributed by atoms with Gasteiger partial charge < -0.3 is 5.32 Å². The van der Waals surface area contributed by atoms with Crippen LogP contribution in [0.15, 0.2) is 6.07 Å². The Balaban J connectivity index is 2.76. The van der Waals surface area contributed by atoms with Crippen LogP contribution in [0.3, 0.4) is 0 Å². The van der Waals surface area contributed by atoms with Crippen molar-refractivity contribution in [2.24, 2.45) is 5.41 Å². The molecule has 0 saturated carbocycles. The number of nitrogens with one attached hydrogen (secondary N) is 1. The molecule has 0 aliphatic heterocycles. The number of halogens is 1. The van der Waals surface area contributed by atoms with Crippen LogP contribution >= 0.6 is 15.9 Å². The third kappa shape index (κ3) is 4.90. The summed E-state index contributed by atoms with van der Waals surface area (Å²) in [6.45, 7) is 8.77. The van der Waals surface area contributed by atoms with E-state index in [0.717, 1.165) is 23.1 Å². The minimum absolute atomic E-state index is 0.0579. The standard InChI is InChI=1S/C14H22BrN3O/c1-5-12-11(8-10(2)17-18-12)13(19)16-9-14(3,4)6-7-15/h8H,5-7,9H2,1-4H3,(H,16,19). The van der Waals surface area contributed by atoms with Crippen LogP contribution in [0.1, 0.15) is 48.9 Å². The van der Waals surface area contributed by atoms with Crippen molar-refractivity contribution in [1.29, 1.82) is 0 Å². The molecule has 1 rings (SSSR count). The lowest BCUT2D eigenvalue weighted by molar-refractivity contribution is 0.0934. The molecule has 0 aromatic carbocycles. The summed E-state index contributed by atoms with van der Waals surface area (Å²) < 4.78 is 0. The van der Waals surface area contributed by atoms with Gasteiger partial charge in [-0.15, -0.1) is 0 Å². The predicted octanol–water partition coefficient (Wildman–Crippen LogP) is 2.89. The van der Waals surface area contributed by atoms with E-state index < -0.39 is 0 Å². The van der Waals surface area contributed by atoms with E-state index in [-0.39, 0.29) is 11.3 Å². The molecule has 4 nitrogen and oxygen atoms in total. The maximum atomic E-state index is 12.2. The van der Waals surface area contributed by atoms with Crippen LogP contribution in [0.4, 0.5) is 0 Å². The highest BCUT2D eigenvalue weighted by atomic mass is 79.9. The summed E-state index contributed by atoms with van der Waals surface area (Å²) in [4.78, 5) is 12.2. The van der Waals surface area contributed by atoms with Gasteiger partial charge in [-0.2, -0.15) is 10.2 Å². The topological polar surface area (TPSA) is 54.9 Å². The number of aryl methyl sites for hydroxylation is 2. The molecule has 0 bridgehead atoms. The van der Waals surface area contributed by atoms with E-state index >= 15 is 0 Å². The van der Waals surface area contributed by atoms with Crippen molar-refractivity contribution in [3.05, 3.63) is 23.0 Å². The number of alkyl halides is 1. The predicted molar refractivity (Wildman–Crippen MR) is 80.7 cm³/mol. The zero-order valence-corrected chi connectivity index (χ0v) is 13.7. The van der Waals surface area contributed by atoms with Crippen molar-refractivity contribution in [2.75, 3.05) is 11.9 Å². The normalized spacial score (nSPS) is 11.4. The van der Waals surface area contributed by atoms with Gasteiger partial charge in [0.25, 0.3) is 5.91 Å². The molecule has 1 aromatic heterocycles. The highest BCUT2D eigenvalue weighted by Gasteiger charge is 2.20. The third-order valence-electron chi connectivity index (χ3n) is 3.07. The maximum Gasteiger partial charge on any atom is 0.253 e. The van der Waals surface area contributed by atoms with E-state index in [1.165, 1.54) is 0 Å². The Kier molecular flexibility index (Phi) is 5.91. The van der Waals surface area contributed by atoms with Crippen molar-refractivity contribution < 1.29 is 4.79 Å². The fourth-order valence-electron chi connectivity index (χ4n) is 1.73. The van der Waals surface area contributed by atoms with Crippen molar-refractivity contribution in [3.8, 4) is 0 Å². The van der Waals surface area contributed by atoms with Crippen LogP contribution < -0.4 is 5.32 Å². The Bertz CT molecular complexity index is 446. The number of nitrogens with zero attached hydrogens (tertiary/aromatic N) is 2. The minimum Gasteiger partial charge on any atom is -0.351 e. The number of hydrogen-bond acceptors (Lipinski definition) is 3. The van der Waals surface area contributed by atoms with Gasteiger partial charge in [-0.25, -0.2) is 0 Å². The number of aromatic nitrogens is 2. The lowest BCUT2D eigenvalue weighted by Crippen LogP contribution is -2.35. The first-order chi connectivity index (χ1) is 8.89. The molecule has 1 aromatic rings. The number of carbonyl (C=O) groups excluding carboxylic acids is 1. The number of amides is 1. The van der Waals surface area contributed by atoms with Crippen LogP contribution in [0.25, 0.3) is 0 Å². The van der Waals surface area contributed by atoms with Gasteiger partial charge in [-0.05, 0) is 31.2 Å². The molecule has 0 fully saturated rings. The maximum absolute atomic E-state index is 12.2. The van der Waals surface area contributed by atoms with Crippen LogP contribution in [0, 0.1) is 12.3 Å². The second-order valence-electron chi connectivity index (χ2n) is 5.49. The van der Waals surface area contributed by atoms with E-state index in [1.807, 2.05) is 13.8 Å². The lowest BCUT2D eigenvalue weighted by atomic mass is 9.90. The highest BCUT2D eigenvalue weighted by Crippen LogP contribution is 2.20. The van der Waals surface area contributed by atoms with E-state index in [0.29, 0.717) is 18.5 Å². The minimum atomic E-state index is -0.0579. The van der Waals surface area contributed by atoms with Gasteiger partial charge in [0.1, 0.15) is 0 Å². The number of hydrogen-bond donors (Lipinski definition) is 1. The van der Waals surface area contributed by atoms with Crippen LogP contribution in [0.2, 0.25) is 0 Å². The fourth-order valence-corrected chi connectivity index (χ4v) is 2.80. The first-order valence-electron chi connectivity index (χ1n) is 6.57. The van der Waals surface area contributed by atoms with Gasteiger partial charge in [-0.3, -0.25) is 4.79 Å².